The third-order valence-corrected chi connectivity index (χ3v) is 4.52. The highest BCUT2D eigenvalue weighted by molar-refractivity contribution is 5.76. The van der Waals surface area contributed by atoms with Gasteiger partial charge in [0.1, 0.15) is 11.9 Å². The summed E-state index contributed by atoms with van der Waals surface area (Å²) in [5, 5.41) is 15.2. The van der Waals surface area contributed by atoms with E-state index in [1.807, 2.05) is 24.3 Å². The van der Waals surface area contributed by atoms with Gasteiger partial charge in [-0.15, -0.1) is 0 Å². The molecular formula is C19H28N2O5. The van der Waals surface area contributed by atoms with Crippen molar-refractivity contribution in [1.29, 1.82) is 0 Å². The second-order valence-electron chi connectivity index (χ2n) is 6.41. The number of aliphatic hydroxyl groups excluding tert-OH is 1. The molecule has 2 amide bonds. The molecule has 0 spiro atoms. The van der Waals surface area contributed by atoms with Gasteiger partial charge in [0.25, 0.3) is 0 Å². The van der Waals surface area contributed by atoms with Crippen molar-refractivity contribution in [3.05, 3.63) is 29.8 Å². The number of nitrogens with one attached hydrogen (secondary N) is 2. The fourth-order valence-corrected chi connectivity index (χ4v) is 2.98. The van der Waals surface area contributed by atoms with Gasteiger partial charge in [0, 0.05) is 13.0 Å². The van der Waals surface area contributed by atoms with Gasteiger partial charge in [-0.25, -0.2) is 0 Å². The van der Waals surface area contributed by atoms with E-state index in [0.717, 1.165) is 11.3 Å². The minimum Gasteiger partial charge on any atom is -0.497 e. The molecule has 1 heterocycles. The summed E-state index contributed by atoms with van der Waals surface area (Å²) in [6, 6.07) is 7.30. The van der Waals surface area contributed by atoms with Crippen LogP contribution in [0, 0.1) is 0 Å². The maximum atomic E-state index is 12.2. The van der Waals surface area contributed by atoms with E-state index in [2.05, 4.69) is 10.6 Å². The molecule has 0 saturated carbocycles. The van der Waals surface area contributed by atoms with Crippen molar-refractivity contribution in [1.82, 2.24) is 10.6 Å². The molecule has 0 unspecified atom stereocenters. The van der Waals surface area contributed by atoms with Crippen LogP contribution in [0.25, 0.3) is 0 Å². The summed E-state index contributed by atoms with van der Waals surface area (Å²) in [6.45, 7) is 2.04. The molecule has 0 bridgehead atoms. The standard InChI is InChI=1S/C19H28N2O5/c1-3-18(23)21-16-9-8-15(26-17(16)12-22)10-19(24)20-11-13-4-6-14(25-2)7-5-13/h4-7,15-17,22H,3,8-12H2,1-2H3,(H,20,24)(H,21,23)/t15-,16+,17+/m1/s1. The topological polar surface area (TPSA) is 96.9 Å². The van der Waals surface area contributed by atoms with Crippen molar-refractivity contribution in [3.8, 4) is 5.75 Å². The Morgan fingerprint density at radius 3 is 2.58 bits per heavy atom. The van der Waals surface area contributed by atoms with E-state index in [9.17, 15) is 14.7 Å². The summed E-state index contributed by atoms with van der Waals surface area (Å²) >= 11 is 0. The highest BCUT2D eigenvalue weighted by Gasteiger charge is 2.32. The SMILES string of the molecule is CCC(=O)N[C@H]1CC[C@H](CC(=O)NCc2ccc(OC)cc2)O[C@H]1CO. The van der Waals surface area contributed by atoms with Crippen LogP contribution in [0.1, 0.15) is 38.2 Å². The van der Waals surface area contributed by atoms with Gasteiger partial charge in [-0.3, -0.25) is 9.59 Å². The molecule has 3 N–H and O–H groups in total. The van der Waals surface area contributed by atoms with Crippen molar-refractivity contribution in [2.45, 2.75) is 57.4 Å². The smallest absolute Gasteiger partial charge is 0.222 e. The summed E-state index contributed by atoms with van der Waals surface area (Å²) < 4.78 is 10.9. The summed E-state index contributed by atoms with van der Waals surface area (Å²) in [6.07, 6.45) is 1.26. The van der Waals surface area contributed by atoms with Gasteiger partial charge in [0.15, 0.2) is 0 Å². The third kappa shape index (κ3) is 6.00. The fourth-order valence-electron chi connectivity index (χ4n) is 2.98. The van der Waals surface area contributed by atoms with Crippen molar-refractivity contribution in [2.75, 3.05) is 13.7 Å². The van der Waals surface area contributed by atoms with Crippen LogP contribution in [0.2, 0.25) is 0 Å². The second kappa shape index (κ2) is 10.1. The lowest BCUT2D eigenvalue weighted by molar-refractivity contribution is -0.135. The normalized spacial score (nSPS) is 22.5. The molecule has 1 fully saturated rings. The Bertz CT molecular complexity index is 590. The number of hydrogen-bond acceptors (Lipinski definition) is 5. The van der Waals surface area contributed by atoms with Crippen LogP contribution in [-0.4, -0.2) is 48.9 Å². The molecule has 1 aliphatic heterocycles. The molecule has 2 rings (SSSR count). The number of carbonyl (C=O) groups is 2. The fraction of sp³-hybridized carbons (Fsp3) is 0.579. The molecule has 7 heteroatoms. The average molecular weight is 364 g/mol. The van der Waals surface area contributed by atoms with Gasteiger partial charge in [-0.05, 0) is 30.5 Å². The van der Waals surface area contributed by atoms with Crippen LogP contribution in [-0.2, 0) is 20.9 Å². The number of hydrogen-bond donors (Lipinski definition) is 3. The van der Waals surface area contributed by atoms with Crippen molar-refractivity contribution in [3.63, 3.8) is 0 Å². The molecule has 7 nitrogen and oxygen atoms in total. The number of rotatable bonds is 8. The Labute approximate surface area is 154 Å². The first-order chi connectivity index (χ1) is 12.5. The number of aliphatic hydroxyl groups is 1. The summed E-state index contributed by atoms with van der Waals surface area (Å²) in [5.41, 5.74) is 0.985. The van der Waals surface area contributed by atoms with Crippen LogP contribution in [0.3, 0.4) is 0 Å². The van der Waals surface area contributed by atoms with Crippen molar-refractivity contribution in [2.24, 2.45) is 0 Å². The zero-order valence-corrected chi connectivity index (χ0v) is 15.4. The molecule has 3 atom stereocenters. The van der Waals surface area contributed by atoms with Crippen molar-refractivity contribution < 1.29 is 24.2 Å². The van der Waals surface area contributed by atoms with E-state index in [4.69, 9.17) is 9.47 Å². The minimum absolute atomic E-state index is 0.0623. The van der Waals surface area contributed by atoms with Crippen molar-refractivity contribution >= 4 is 11.8 Å². The number of ether oxygens (including phenoxy) is 2. The first-order valence-corrected chi connectivity index (χ1v) is 9.01. The Kier molecular flexibility index (Phi) is 7.87. The second-order valence-corrected chi connectivity index (χ2v) is 6.41. The average Bonchev–Trinajstić information content (AvgIpc) is 2.67. The number of amides is 2. The maximum Gasteiger partial charge on any atom is 0.222 e. The molecule has 0 aromatic heterocycles. The molecular weight excluding hydrogens is 336 g/mol. The van der Waals surface area contributed by atoms with Gasteiger partial charge in [0.2, 0.25) is 11.8 Å². The summed E-state index contributed by atoms with van der Waals surface area (Å²) in [5.74, 6) is 0.613. The van der Waals surface area contributed by atoms with E-state index in [1.54, 1.807) is 14.0 Å². The van der Waals surface area contributed by atoms with E-state index in [-0.39, 0.29) is 37.0 Å². The highest BCUT2D eigenvalue weighted by atomic mass is 16.5. The van der Waals surface area contributed by atoms with E-state index in [1.165, 1.54) is 0 Å². The van der Waals surface area contributed by atoms with Gasteiger partial charge < -0.3 is 25.2 Å². The molecule has 1 saturated heterocycles. The van der Waals surface area contributed by atoms with E-state index >= 15 is 0 Å². The quantitative estimate of drug-likeness (QED) is 0.643. The molecule has 0 radical (unpaired) electrons. The lowest BCUT2D eigenvalue weighted by Gasteiger charge is -2.36. The summed E-state index contributed by atoms with van der Waals surface area (Å²) in [7, 11) is 1.61. The molecule has 1 aromatic rings. The highest BCUT2D eigenvalue weighted by Crippen LogP contribution is 2.22. The predicted octanol–water partition coefficient (Wildman–Crippen LogP) is 1.14. The number of benzene rings is 1. The van der Waals surface area contributed by atoms with Crippen LogP contribution < -0.4 is 15.4 Å². The molecule has 1 aromatic carbocycles. The van der Waals surface area contributed by atoms with Gasteiger partial charge in [-0.2, -0.15) is 0 Å². The molecule has 144 valence electrons. The Morgan fingerprint density at radius 2 is 1.96 bits per heavy atom. The van der Waals surface area contributed by atoms with Crippen LogP contribution >= 0.6 is 0 Å². The largest absolute Gasteiger partial charge is 0.497 e. The predicted molar refractivity (Wildman–Crippen MR) is 96.7 cm³/mol. The first kappa shape index (κ1) is 20.2. The Hall–Kier alpha value is -2.12. The Morgan fingerprint density at radius 1 is 1.23 bits per heavy atom. The lowest BCUT2D eigenvalue weighted by atomic mass is 9.96. The monoisotopic (exact) mass is 364 g/mol. The van der Waals surface area contributed by atoms with Gasteiger partial charge in [0.05, 0.1) is 32.3 Å². The van der Waals surface area contributed by atoms with Crippen LogP contribution in [0.5, 0.6) is 5.75 Å². The summed E-state index contributed by atoms with van der Waals surface area (Å²) in [4.78, 5) is 23.7. The van der Waals surface area contributed by atoms with E-state index < -0.39 is 6.10 Å². The molecule has 0 aliphatic carbocycles. The minimum atomic E-state index is -0.473. The lowest BCUT2D eigenvalue weighted by Crippen LogP contribution is -2.51. The van der Waals surface area contributed by atoms with Crippen LogP contribution in [0.15, 0.2) is 24.3 Å². The van der Waals surface area contributed by atoms with E-state index in [0.29, 0.717) is 25.8 Å². The third-order valence-electron chi connectivity index (χ3n) is 4.52. The molecule has 26 heavy (non-hydrogen) atoms. The number of carbonyl (C=O) groups excluding carboxylic acids is 2. The van der Waals surface area contributed by atoms with Gasteiger partial charge >= 0.3 is 0 Å². The molecule has 1 aliphatic rings. The van der Waals surface area contributed by atoms with Crippen LogP contribution in [0.4, 0.5) is 0 Å². The Balaban J connectivity index is 1.77. The number of methoxy groups -OCH3 is 1. The van der Waals surface area contributed by atoms with Gasteiger partial charge in [-0.1, -0.05) is 19.1 Å². The zero-order valence-electron chi connectivity index (χ0n) is 15.4. The zero-order chi connectivity index (χ0) is 18.9. The maximum absolute atomic E-state index is 12.2. The first-order valence-electron chi connectivity index (χ1n) is 9.01.